The molecule has 1 aliphatic rings. The van der Waals surface area contributed by atoms with Crippen LogP contribution in [-0.2, 0) is 10.8 Å². The Labute approximate surface area is 112 Å². The van der Waals surface area contributed by atoms with Gasteiger partial charge < -0.3 is 5.32 Å². The average Bonchev–Trinajstić information content (AvgIpc) is 2.28. The molecule has 1 aliphatic heterocycles. The maximum Gasteiger partial charge on any atom is 0.129 e. The van der Waals surface area contributed by atoms with Gasteiger partial charge in [-0.2, -0.15) is 0 Å². The van der Waals surface area contributed by atoms with E-state index in [1.54, 1.807) is 6.07 Å². The van der Waals surface area contributed by atoms with Gasteiger partial charge in [-0.25, -0.2) is 4.39 Å². The van der Waals surface area contributed by atoms with Crippen LogP contribution in [0.4, 0.5) is 4.39 Å². The normalized spacial score (nSPS) is 29.2. The number of hydrogen-bond acceptors (Lipinski definition) is 2. The van der Waals surface area contributed by atoms with Gasteiger partial charge in [0.1, 0.15) is 5.82 Å². The molecular weight excluding hydrogens is 305 g/mol. The van der Waals surface area contributed by atoms with Crippen LogP contribution in [0.1, 0.15) is 24.9 Å². The predicted octanol–water partition coefficient (Wildman–Crippen LogP) is 2.76. The van der Waals surface area contributed by atoms with E-state index in [1.807, 2.05) is 6.07 Å². The van der Waals surface area contributed by atoms with E-state index < -0.39 is 10.8 Å². The molecule has 5 heteroatoms. The highest BCUT2D eigenvalue weighted by Crippen LogP contribution is 2.25. The number of halogens is 2. The van der Waals surface area contributed by atoms with E-state index in [2.05, 4.69) is 28.2 Å². The van der Waals surface area contributed by atoms with E-state index in [0.29, 0.717) is 17.1 Å². The molecule has 0 saturated carbocycles. The summed E-state index contributed by atoms with van der Waals surface area (Å²) < 4.78 is 26.3. The first-order chi connectivity index (χ1) is 8.10. The van der Waals surface area contributed by atoms with Crippen molar-refractivity contribution in [2.75, 3.05) is 11.5 Å². The molecule has 2 nitrogen and oxygen atoms in total. The molecule has 1 aromatic carbocycles. The molecule has 2 rings (SSSR count). The van der Waals surface area contributed by atoms with E-state index in [0.717, 1.165) is 10.9 Å². The minimum atomic E-state index is -0.855. The fourth-order valence-electron chi connectivity index (χ4n) is 2.06. The average molecular weight is 320 g/mol. The van der Waals surface area contributed by atoms with E-state index >= 15 is 0 Å². The van der Waals surface area contributed by atoms with Crippen molar-refractivity contribution in [2.45, 2.75) is 25.4 Å². The molecule has 17 heavy (non-hydrogen) atoms. The zero-order valence-electron chi connectivity index (χ0n) is 9.58. The Morgan fingerprint density at radius 3 is 2.94 bits per heavy atom. The largest absolute Gasteiger partial charge is 0.305 e. The summed E-state index contributed by atoms with van der Waals surface area (Å²) in [6.45, 7) is 2.05. The molecule has 1 heterocycles. The maximum absolute atomic E-state index is 13.8. The summed E-state index contributed by atoms with van der Waals surface area (Å²) in [5.74, 6) is 0.922. The van der Waals surface area contributed by atoms with Crippen molar-refractivity contribution in [3.8, 4) is 0 Å². The third-order valence-electron chi connectivity index (χ3n) is 3.01. The van der Waals surface area contributed by atoms with Crippen LogP contribution in [0.2, 0.25) is 0 Å². The predicted molar refractivity (Wildman–Crippen MR) is 71.9 cm³/mol. The number of nitrogens with one attached hydrogen (secondary N) is 1. The molecule has 94 valence electrons. The van der Waals surface area contributed by atoms with Crippen molar-refractivity contribution in [1.29, 1.82) is 0 Å². The number of rotatable bonds is 2. The SMILES string of the molecule is CCC1CS(=O)CC(c2ccc(Br)cc2F)N1. The standard InChI is InChI=1S/C12H15BrFNOS/c1-2-9-6-17(16)7-12(15-9)10-4-3-8(13)5-11(10)14/h3-5,9,12,15H,2,6-7H2,1H3. The lowest BCUT2D eigenvalue weighted by atomic mass is 10.1. The molecule has 3 atom stereocenters. The second kappa shape index (κ2) is 5.59. The maximum atomic E-state index is 13.8. The van der Waals surface area contributed by atoms with Crippen LogP contribution in [0.15, 0.2) is 22.7 Å². The summed E-state index contributed by atoms with van der Waals surface area (Å²) >= 11 is 3.24. The van der Waals surface area contributed by atoms with Gasteiger partial charge in [0, 0.05) is 44.4 Å². The van der Waals surface area contributed by atoms with Gasteiger partial charge in [-0.15, -0.1) is 0 Å². The third-order valence-corrected chi connectivity index (χ3v) is 4.98. The van der Waals surface area contributed by atoms with Gasteiger partial charge in [0.25, 0.3) is 0 Å². The van der Waals surface area contributed by atoms with E-state index in [-0.39, 0.29) is 17.9 Å². The van der Waals surface area contributed by atoms with Crippen LogP contribution < -0.4 is 5.32 Å². The van der Waals surface area contributed by atoms with Gasteiger partial charge >= 0.3 is 0 Å². The topological polar surface area (TPSA) is 29.1 Å². The molecular formula is C12H15BrFNOS. The zero-order chi connectivity index (χ0) is 12.4. The summed E-state index contributed by atoms with van der Waals surface area (Å²) in [6.07, 6.45) is 0.917. The molecule has 0 aromatic heterocycles. The first kappa shape index (κ1) is 13.2. The first-order valence-corrected chi connectivity index (χ1v) is 7.94. The lowest BCUT2D eigenvalue weighted by Crippen LogP contribution is -2.44. The van der Waals surface area contributed by atoms with Gasteiger partial charge in [0.2, 0.25) is 0 Å². The number of benzene rings is 1. The molecule has 1 fully saturated rings. The van der Waals surface area contributed by atoms with Crippen LogP contribution in [0.5, 0.6) is 0 Å². The summed E-state index contributed by atoms with van der Waals surface area (Å²) in [7, 11) is -0.855. The van der Waals surface area contributed by atoms with Crippen molar-refractivity contribution in [3.63, 3.8) is 0 Å². The molecule has 1 N–H and O–H groups in total. The lowest BCUT2D eigenvalue weighted by Gasteiger charge is -2.30. The summed E-state index contributed by atoms with van der Waals surface area (Å²) in [4.78, 5) is 0. The zero-order valence-corrected chi connectivity index (χ0v) is 12.0. The highest BCUT2D eigenvalue weighted by molar-refractivity contribution is 9.10. The Morgan fingerprint density at radius 2 is 2.29 bits per heavy atom. The van der Waals surface area contributed by atoms with Crippen LogP contribution in [0.3, 0.4) is 0 Å². The fraction of sp³-hybridized carbons (Fsp3) is 0.500. The van der Waals surface area contributed by atoms with Crippen LogP contribution in [-0.4, -0.2) is 21.8 Å². The van der Waals surface area contributed by atoms with E-state index in [1.165, 1.54) is 6.07 Å². The molecule has 1 aromatic rings. The van der Waals surface area contributed by atoms with Crippen molar-refractivity contribution in [1.82, 2.24) is 5.32 Å². The summed E-state index contributed by atoms with van der Waals surface area (Å²) in [6, 6.07) is 5.11. The van der Waals surface area contributed by atoms with Crippen LogP contribution >= 0.6 is 15.9 Å². The highest BCUT2D eigenvalue weighted by atomic mass is 79.9. The quantitative estimate of drug-likeness (QED) is 0.908. The molecule has 0 spiro atoms. The first-order valence-electron chi connectivity index (χ1n) is 5.66. The third kappa shape index (κ3) is 3.14. The Kier molecular flexibility index (Phi) is 4.33. The Balaban J connectivity index is 2.23. The highest BCUT2D eigenvalue weighted by Gasteiger charge is 2.27. The van der Waals surface area contributed by atoms with Crippen molar-refractivity contribution < 1.29 is 8.60 Å². The molecule has 0 bridgehead atoms. The summed E-state index contributed by atoms with van der Waals surface area (Å²) in [5.41, 5.74) is 0.611. The van der Waals surface area contributed by atoms with Crippen LogP contribution in [0.25, 0.3) is 0 Å². The van der Waals surface area contributed by atoms with Gasteiger partial charge in [0.05, 0.1) is 0 Å². The van der Waals surface area contributed by atoms with Gasteiger partial charge in [0.15, 0.2) is 0 Å². The molecule has 3 unspecified atom stereocenters. The van der Waals surface area contributed by atoms with E-state index in [4.69, 9.17) is 0 Å². The molecule has 0 amide bonds. The Bertz CT molecular complexity index is 441. The minimum Gasteiger partial charge on any atom is -0.305 e. The minimum absolute atomic E-state index is 0.136. The Morgan fingerprint density at radius 1 is 1.53 bits per heavy atom. The molecule has 0 aliphatic carbocycles. The van der Waals surface area contributed by atoms with E-state index in [9.17, 15) is 8.60 Å². The van der Waals surface area contributed by atoms with Crippen molar-refractivity contribution >= 4 is 26.7 Å². The molecule has 0 radical (unpaired) electrons. The van der Waals surface area contributed by atoms with Gasteiger partial charge in [-0.05, 0) is 18.6 Å². The van der Waals surface area contributed by atoms with Crippen LogP contribution in [0, 0.1) is 5.82 Å². The monoisotopic (exact) mass is 319 g/mol. The van der Waals surface area contributed by atoms with Gasteiger partial charge in [-0.3, -0.25) is 4.21 Å². The summed E-state index contributed by atoms with van der Waals surface area (Å²) in [5, 5.41) is 3.36. The smallest absolute Gasteiger partial charge is 0.129 e. The fourth-order valence-corrected chi connectivity index (χ4v) is 3.96. The second-order valence-corrected chi connectivity index (χ2v) is 6.73. The molecule has 1 saturated heterocycles. The van der Waals surface area contributed by atoms with Crippen molar-refractivity contribution in [3.05, 3.63) is 34.1 Å². The second-order valence-electron chi connectivity index (χ2n) is 4.26. The van der Waals surface area contributed by atoms with Crippen molar-refractivity contribution in [2.24, 2.45) is 0 Å². The Hall–Kier alpha value is -0.260. The van der Waals surface area contributed by atoms with Gasteiger partial charge in [-0.1, -0.05) is 28.9 Å². The lowest BCUT2D eigenvalue weighted by molar-refractivity contribution is 0.442. The number of hydrogen-bond donors (Lipinski definition) is 1.